The van der Waals surface area contributed by atoms with E-state index in [0.717, 1.165) is 25.8 Å². The van der Waals surface area contributed by atoms with Crippen LogP contribution in [0.4, 0.5) is 4.79 Å². The molecule has 0 rings (SSSR count). The van der Waals surface area contributed by atoms with Gasteiger partial charge in [0.05, 0.1) is 12.1 Å². The van der Waals surface area contributed by atoms with E-state index in [4.69, 9.17) is 0 Å². The molecular weight excluding hydrogens is 230 g/mol. The van der Waals surface area contributed by atoms with Gasteiger partial charge in [-0.2, -0.15) is 0 Å². The van der Waals surface area contributed by atoms with Crippen molar-refractivity contribution in [3.8, 4) is 0 Å². The molecule has 2 unspecified atom stereocenters. The third-order valence-electron chi connectivity index (χ3n) is 2.95. The molecular formula is C13H29N3O2. The van der Waals surface area contributed by atoms with E-state index in [1.807, 2.05) is 34.9 Å². The molecule has 2 amide bonds. The Kier molecular flexibility index (Phi) is 7.95. The van der Waals surface area contributed by atoms with Crippen LogP contribution in [0.15, 0.2) is 0 Å². The first-order valence-electron chi connectivity index (χ1n) is 6.67. The van der Waals surface area contributed by atoms with Crippen LogP contribution < -0.4 is 10.6 Å². The summed E-state index contributed by atoms with van der Waals surface area (Å²) in [6, 6.07) is -0.0803. The molecule has 0 spiro atoms. The summed E-state index contributed by atoms with van der Waals surface area (Å²) < 4.78 is 0. The van der Waals surface area contributed by atoms with Gasteiger partial charge in [0.15, 0.2) is 0 Å². The Morgan fingerprint density at radius 1 is 1.44 bits per heavy atom. The molecule has 0 radical (unpaired) electrons. The van der Waals surface area contributed by atoms with Crippen molar-refractivity contribution in [2.45, 2.75) is 51.6 Å². The molecule has 2 atom stereocenters. The third-order valence-corrected chi connectivity index (χ3v) is 2.95. The van der Waals surface area contributed by atoms with E-state index >= 15 is 0 Å². The van der Waals surface area contributed by atoms with Gasteiger partial charge in [-0.3, -0.25) is 0 Å². The predicted molar refractivity (Wildman–Crippen MR) is 74.7 cm³/mol. The second kappa shape index (κ2) is 8.32. The van der Waals surface area contributed by atoms with Crippen LogP contribution in [-0.2, 0) is 0 Å². The zero-order valence-corrected chi connectivity index (χ0v) is 12.4. The number of carbonyl (C=O) groups is 1. The molecule has 5 nitrogen and oxygen atoms in total. The van der Waals surface area contributed by atoms with E-state index in [1.165, 1.54) is 0 Å². The summed E-state index contributed by atoms with van der Waals surface area (Å²) in [5, 5.41) is 15.1. The van der Waals surface area contributed by atoms with Gasteiger partial charge in [-0.1, -0.05) is 13.3 Å². The maximum absolute atomic E-state index is 11.8. The van der Waals surface area contributed by atoms with Gasteiger partial charge in [0.1, 0.15) is 0 Å². The highest BCUT2D eigenvalue weighted by Gasteiger charge is 2.24. The predicted octanol–water partition coefficient (Wildman–Crippen LogP) is 1.18. The van der Waals surface area contributed by atoms with Crippen molar-refractivity contribution in [2.75, 3.05) is 27.2 Å². The highest BCUT2D eigenvalue weighted by atomic mass is 16.3. The van der Waals surface area contributed by atoms with Crippen LogP contribution in [0.2, 0.25) is 0 Å². The standard InChI is InChI=1S/C13H29N3O2/c1-6-8-13(3,10-17)15-12(18)14-11(2)7-9-16(4)5/h11,17H,6-10H2,1-5H3,(H2,14,15,18). The first-order chi connectivity index (χ1) is 8.33. The number of aliphatic hydroxyl groups is 1. The molecule has 0 aromatic carbocycles. The second-order valence-corrected chi connectivity index (χ2v) is 5.56. The maximum atomic E-state index is 11.8. The summed E-state index contributed by atoms with van der Waals surface area (Å²) in [5.41, 5.74) is -0.528. The lowest BCUT2D eigenvalue weighted by Gasteiger charge is -2.29. The third kappa shape index (κ3) is 7.50. The number of nitrogens with zero attached hydrogens (tertiary/aromatic N) is 1. The minimum Gasteiger partial charge on any atom is -0.394 e. The maximum Gasteiger partial charge on any atom is 0.315 e. The Morgan fingerprint density at radius 2 is 2.06 bits per heavy atom. The molecule has 0 saturated carbocycles. The topological polar surface area (TPSA) is 64.6 Å². The van der Waals surface area contributed by atoms with Crippen LogP contribution in [0, 0.1) is 0 Å². The van der Waals surface area contributed by atoms with Gasteiger partial charge in [-0.15, -0.1) is 0 Å². The van der Waals surface area contributed by atoms with E-state index in [-0.39, 0.29) is 18.7 Å². The summed E-state index contributed by atoms with van der Waals surface area (Å²) in [4.78, 5) is 13.9. The number of amides is 2. The molecule has 0 aliphatic heterocycles. The summed E-state index contributed by atoms with van der Waals surface area (Å²) in [7, 11) is 4.02. The van der Waals surface area contributed by atoms with Gasteiger partial charge >= 0.3 is 6.03 Å². The van der Waals surface area contributed by atoms with Crippen LogP contribution >= 0.6 is 0 Å². The average molecular weight is 259 g/mol. The van der Waals surface area contributed by atoms with Crippen molar-refractivity contribution in [2.24, 2.45) is 0 Å². The summed E-state index contributed by atoms with van der Waals surface area (Å²) >= 11 is 0. The van der Waals surface area contributed by atoms with E-state index < -0.39 is 5.54 Å². The summed E-state index contributed by atoms with van der Waals surface area (Å²) in [6.45, 7) is 6.78. The molecule has 0 fully saturated rings. The minimum absolute atomic E-state index is 0.0413. The average Bonchev–Trinajstić information content (AvgIpc) is 2.26. The monoisotopic (exact) mass is 259 g/mol. The molecule has 108 valence electrons. The van der Waals surface area contributed by atoms with Crippen LogP contribution in [0.5, 0.6) is 0 Å². The Balaban J connectivity index is 4.08. The molecule has 0 aromatic rings. The SMILES string of the molecule is CCCC(C)(CO)NC(=O)NC(C)CCN(C)C. The van der Waals surface area contributed by atoms with Crippen molar-refractivity contribution in [3.05, 3.63) is 0 Å². The number of rotatable bonds is 8. The lowest BCUT2D eigenvalue weighted by molar-refractivity contribution is 0.162. The van der Waals surface area contributed by atoms with Crippen molar-refractivity contribution in [1.82, 2.24) is 15.5 Å². The number of hydrogen-bond donors (Lipinski definition) is 3. The second-order valence-electron chi connectivity index (χ2n) is 5.56. The minimum atomic E-state index is -0.528. The number of carbonyl (C=O) groups excluding carboxylic acids is 1. The highest BCUT2D eigenvalue weighted by Crippen LogP contribution is 2.10. The van der Waals surface area contributed by atoms with Gasteiger partial charge in [-0.25, -0.2) is 4.79 Å². The lowest BCUT2D eigenvalue weighted by Crippen LogP contribution is -2.54. The van der Waals surface area contributed by atoms with Crippen molar-refractivity contribution in [3.63, 3.8) is 0 Å². The number of nitrogens with one attached hydrogen (secondary N) is 2. The lowest BCUT2D eigenvalue weighted by atomic mass is 9.97. The molecule has 0 saturated heterocycles. The van der Waals surface area contributed by atoms with Gasteiger partial charge in [0.2, 0.25) is 0 Å². The summed E-state index contributed by atoms with van der Waals surface area (Å²) in [5.74, 6) is 0. The zero-order valence-electron chi connectivity index (χ0n) is 12.4. The fraction of sp³-hybridized carbons (Fsp3) is 0.923. The zero-order chi connectivity index (χ0) is 14.2. The molecule has 0 heterocycles. The van der Waals surface area contributed by atoms with Gasteiger partial charge in [-0.05, 0) is 47.3 Å². The van der Waals surface area contributed by atoms with E-state index in [1.54, 1.807) is 0 Å². The smallest absolute Gasteiger partial charge is 0.315 e. The van der Waals surface area contributed by atoms with Crippen LogP contribution in [-0.4, -0.2) is 54.9 Å². The van der Waals surface area contributed by atoms with Gasteiger partial charge in [0, 0.05) is 6.04 Å². The summed E-state index contributed by atoms with van der Waals surface area (Å²) in [6.07, 6.45) is 2.60. The quantitative estimate of drug-likeness (QED) is 0.613. The molecule has 5 heteroatoms. The van der Waals surface area contributed by atoms with Crippen molar-refractivity contribution >= 4 is 6.03 Å². The molecule has 18 heavy (non-hydrogen) atoms. The molecule has 0 aliphatic rings. The van der Waals surface area contributed by atoms with Crippen LogP contribution in [0.25, 0.3) is 0 Å². The number of urea groups is 1. The van der Waals surface area contributed by atoms with E-state index in [0.29, 0.717) is 0 Å². The van der Waals surface area contributed by atoms with Gasteiger partial charge in [0.25, 0.3) is 0 Å². The normalized spacial score (nSPS) is 16.2. The molecule has 0 aliphatic carbocycles. The fourth-order valence-corrected chi connectivity index (χ4v) is 1.79. The van der Waals surface area contributed by atoms with Crippen LogP contribution in [0.1, 0.15) is 40.0 Å². The fourth-order valence-electron chi connectivity index (χ4n) is 1.79. The van der Waals surface area contributed by atoms with Gasteiger partial charge < -0.3 is 20.6 Å². The van der Waals surface area contributed by atoms with Crippen molar-refractivity contribution in [1.29, 1.82) is 0 Å². The first kappa shape index (κ1) is 17.2. The first-order valence-corrected chi connectivity index (χ1v) is 6.67. The Morgan fingerprint density at radius 3 is 2.50 bits per heavy atom. The van der Waals surface area contributed by atoms with E-state index in [9.17, 15) is 9.90 Å². The Bertz CT molecular complexity index is 246. The highest BCUT2D eigenvalue weighted by molar-refractivity contribution is 5.75. The van der Waals surface area contributed by atoms with E-state index in [2.05, 4.69) is 15.5 Å². The largest absolute Gasteiger partial charge is 0.394 e. The molecule has 0 bridgehead atoms. The Labute approximate surface area is 111 Å². The molecule has 0 aromatic heterocycles. The van der Waals surface area contributed by atoms with Crippen molar-refractivity contribution < 1.29 is 9.90 Å². The van der Waals surface area contributed by atoms with Crippen LogP contribution in [0.3, 0.4) is 0 Å². The number of hydrogen-bond acceptors (Lipinski definition) is 3. The molecule has 3 N–H and O–H groups in total. The number of aliphatic hydroxyl groups excluding tert-OH is 1. The Hall–Kier alpha value is -0.810.